The third-order valence-corrected chi connectivity index (χ3v) is 3.70. The topological polar surface area (TPSA) is 43.8 Å². The molecule has 0 atom stereocenters. The van der Waals surface area contributed by atoms with Crippen LogP contribution in [0.15, 0.2) is 35.3 Å². The van der Waals surface area contributed by atoms with E-state index < -0.39 is 0 Å². The Kier molecular flexibility index (Phi) is 4.28. The number of hydrogen-bond acceptors (Lipinski definition) is 2. The monoisotopic (exact) mass is 337 g/mol. The maximum atomic E-state index is 13.7. The van der Waals surface area contributed by atoms with E-state index in [1.54, 1.807) is 18.2 Å². The highest BCUT2D eigenvalue weighted by atomic mass is 79.9. The van der Waals surface area contributed by atoms with Gasteiger partial charge in [-0.25, -0.2) is 9.37 Å². The predicted octanol–water partition coefficient (Wildman–Crippen LogP) is 4.34. The molecule has 2 N–H and O–H groups in total. The quantitative estimate of drug-likeness (QED) is 0.843. The molecule has 0 spiro atoms. The van der Waals surface area contributed by atoms with Crippen LogP contribution in [-0.2, 0) is 6.54 Å². The van der Waals surface area contributed by atoms with Crippen LogP contribution in [0, 0.1) is 5.82 Å². The largest absolute Gasteiger partial charge is 0.383 e. The Hall–Kier alpha value is -1.62. The van der Waals surface area contributed by atoms with Crippen molar-refractivity contribution in [3.05, 3.63) is 47.0 Å². The van der Waals surface area contributed by atoms with Gasteiger partial charge in [0, 0.05) is 18.0 Å². The predicted molar refractivity (Wildman–Crippen MR) is 84.0 cm³/mol. The number of rotatable bonds is 4. The smallest absolute Gasteiger partial charge is 0.138 e. The molecule has 106 valence electrons. The molecule has 0 aliphatic heterocycles. The summed E-state index contributed by atoms with van der Waals surface area (Å²) in [4.78, 5) is 4.58. The first kappa shape index (κ1) is 14.8. The molecule has 1 aromatic heterocycles. The number of imidazole rings is 1. The van der Waals surface area contributed by atoms with E-state index in [1.165, 1.54) is 6.07 Å². The fraction of sp³-hybridized carbons (Fsp3) is 0.267. The Labute approximate surface area is 126 Å². The van der Waals surface area contributed by atoms with Gasteiger partial charge < -0.3 is 10.3 Å². The van der Waals surface area contributed by atoms with Crippen LogP contribution in [0.2, 0.25) is 0 Å². The summed E-state index contributed by atoms with van der Waals surface area (Å²) in [5.74, 6) is 1.31. The maximum absolute atomic E-state index is 13.7. The Morgan fingerprint density at radius 3 is 2.75 bits per heavy atom. The summed E-state index contributed by atoms with van der Waals surface area (Å²) < 4.78 is 16.0. The molecule has 1 heterocycles. The first-order valence-corrected chi connectivity index (χ1v) is 7.17. The van der Waals surface area contributed by atoms with Crippen molar-refractivity contribution in [2.75, 3.05) is 5.73 Å². The van der Waals surface area contributed by atoms with Crippen LogP contribution in [0.4, 0.5) is 10.2 Å². The number of nitrogens with zero attached hydrogens (tertiary/aromatic N) is 2. The number of allylic oxidation sites excluding steroid dienone is 1. The first-order chi connectivity index (χ1) is 9.45. The molecule has 5 heteroatoms. The van der Waals surface area contributed by atoms with Gasteiger partial charge >= 0.3 is 0 Å². The number of halogens is 2. The molecule has 0 amide bonds. The van der Waals surface area contributed by atoms with E-state index in [9.17, 15) is 4.39 Å². The minimum absolute atomic E-state index is 0.228. The van der Waals surface area contributed by atoms with Gasteiger partial charge in [-0.1, -0.05) is 26.0 Å². The lowest BCUT2D eigenvalue weighted by Gasteiger charge is -2.09. The Bertz CT molecular complexity index is 647. The van der Waals surface area contributed by atoms with Gasteiger partial charge in [-0.2, -0.15) is 0 Å². The fourth-order valence-electron chi connectivity index (χ4n) is 2.10. The van der Waals surface area contributed by atoms with Crippen LogP contribution < -0.4 is 5.73 Å². The van der Waals surface area contributed by atoms with Crippen LogP contribution in [0.25, 0.3) is 11.3 Å². The number of nitrogen functional groups attached to an aromatic ring is 1. The molecule has 1 aromatic carbocycles. The molecule has 2 aromatic rings. The molecular formula is C15H17BrFN3. The van der Waals surface area contributed by atoms with Crippen molar-refractivity contribution in [3.8, 4) is 11.3 Å². The van der Waals surface area contributed by atoms with Gasteiger partial charge in [-0.15, -0.1) is 6.58 Å². The Morgan fingerprint density at radius 1 is 1.50 bits per heavy atom. The standard InChI is InChI=1S/C15H17BrFN3/c1-4-7-20-14(18)13(19-15(20)9(2)3)10-5-6-11(16)12(17)8-10/h4-6,8-9H,1,7,18H2,2-3H3. The minimum Gasteiger partial charge on any atom is -0.383 e. The number of aromatic nitrogens is 2. The van der Waals surface area contributed by atoms with E-state index >= 15 is 0 Å². The van der Waals surface area contributed by atoms with E-state index in [0.717, 1.165) is 5.82 Å². The van der Waals surface area contributed by atoms with Gasteiger partial charge in [0.1, 0.15) is 23.2 Å². The molecule has 0 saturated heterocycles. The summed E-state index contributed by atoms with van der Waals surface area (Å²) >= 11 is 3.14. The fourth-order valence-corrected chi connectivity index (χ4v) is 2.35. The maximum Gasteiger partial charge on any atom is 0.138 e. The number of anilines is 1. The lowest BCUT2D eigenvalue weighted by molar-refractivity contribution is 0.621. The molecule has 0 fully saturated rings. The second-order valence-electron chi connectivity index (χ2n) is 4.89. The number of hydrogen-bond donors (Lipinski definition) is 1. The van der Waals surface area contributed by atoms with Gasteiger partial charge in [-0.3, -0.25) is 0 Å². The van der Waals surface area contributed by atoms with Crippen molar-refractivity contribution in [1.29, 1.82) is 0 Å². The SMILES string of the molecule is C=CCn1c(C(C)C)nc(-c2ccc(Br)c(F)c2)c1N. The van der Waals surface area contributed by atoms with Crippen molar-refractivity contribution in [2.45, 2.75) is 26.3 Å². The third kappa shape index (κ3) is 2.63. The second-order valence-corrected chi connectivity index (χ2v) is 5.74. The highest BCUT2D eigenvalue weighted by molar-refractivity contribution is 9.10. The molecule has 0 radical (unpaired) electrons. The molecule has 0 aliphatic carbocycles. The third-order valence-electron chi connectivity index (χ3n) is 3.06. The highest BCUT2D eigenvalue weighted by Gasteiger charge is 2.18. The van der Waals surface area contributed by atoms with E-state index in [4.69, 9.17) is 5.73 Å². The van der Waals surface area contributed by atoms with Crippen molar-refractivity contribution >= 4 is 21.7 Å². The van der Waals surface area contributed by atoms with E-state index in [2.05, 4.69) is 27.5 Å². The molecule has 20 heavy (non-hydrogen) atoms. The van der Waals surface area contributed by atoms with Crippen molar-refractivity contribution in [3.63, 3.8) is 0 Å². The van der Waals surface area contributed by atoms with Gasteiger partial charge in [-0.05, 0) is 28.1 Å². The van der Waals surface area contributed by atoms with Crippen LogP contribution in [0.3, 0.4) is 0 Å². The van der Waals surface area contributed by atoms with E-state index in [0.29, 0.717) is 28.1 Å². The van der Waals surface area contributed by atoms with Crippen molar-refractivity contribution < 1.29 is 4.39 Å². The summed E-state index contributed by atoms with van der Waals surface area (Å²) in [5, 5.41) is 0. The van der Waals surface area contributed by atoms with E-state index in [1.807, 2.05) is 18.4 Å². The summed E-state index contributed by atoms with van der Waals surface area (Å²) in [6.07, 6.45) is 1.77. The Balaban J connectivity index is 2.59. The van der Waals surface area contributed by atoms with E-state index in [-0.39, 0.29) is 11.7 Å². The summed E-state index contributed by atoms with van der Waals surface area (Å²) in [7, 11) is 0. The molecule has 0 unspecified atom stereocenters. The van der Waals surface area contributed by atoms with Gasteiger partial charge in [0.25, 0.3) is 0 Å². The second kappa shape index (κ2) is 5.79. The van der Waals surface area contributed by atoms with Crippen LogP contribution in [0.5, 0.6) is 0 Å². The average Bonchev–Trinajstić information content (AvgIpc) is 2.72. The highest BCUT2D eigenvalue weighted by Crippen LogP contribution is 2.31. The summed E-state index contributed by atoms with van der Waals surface area (Å²) in [5.41, 5.74) is 7.45. The van der Waals surface area contributed by atoms with Crippen molar-refractivity contribution in [1.82, 2.24) is 9.55 Å². The Morgan fingerprint density at radius 2 is 2.20 bits per heavy atom. The normalized spacial score (nSPS) is 11.1. The molecule has 0 bridgehead atoms. The average molecular weight is 338 g/mol. The van der Waals surface area contributed by atoms with Gasteiger partial charge in [0.05, 0.1) is 4.47 Å². The molecule has 2 rings (SSSR count). The lowest BCUT2D eigenvalue weighted by atomic mass is 10.1. The first-order valence-electron chi connectivity index (χ1n) is 6.38. The van der Waals surface area contributed by atoms with Gasteiger partial charge in [0.15, 0.2) is 0 Å². The molecule has 3 nitrogen and oxygen atoms in total. The zero-order chi connectivity index (χ0) is 14.9. The van der Waals surface area contributed by atoms with Crippen LogP contribution in [-0.4, -0.2) is 9.55 Å². The lowest BCUT2D eigenvalue weighted by Crippen LogP contribution is -2.07. The zero-order valence-electron chi connectivity index (χ0n) is 11.5. The van der Waals surface area contributed by atoms with Crippen LogP contribution >= 0.6 is 15.9 Å². The summed E-state index contributed by atoms with van der Waals surface area (Å²) in [6, 6.07) is 4.89. The number of benzene rings is 1. The molecular weight excluding hydrogens is 321 g/mol. The summed E-state index contributed by atoms with van der Waals surface area (Å²) in [6.45, 7) is 8.42. The van der Waals surface area contributed by atoms with Crippen LogP contribution in [0.1, 0.15) is 25.6 Å². The number of nitrogens with two attached hydrogens (primary N) is 1. The van der Waals surface area contributed by atoms with Gasteiger partial charge in [0.2, 0.25) is 0 Å². The minimum atomic E-state index is -0.328. The molecule has 0 saturated carbocycles. The zero-order valence-corrected chi connectivity index (χ0v) is 13.1. The molecule has 0 aliphatic rings. The van der Waals surface area contributed by atoms with Crippen molar-refractivity contribution in [2.24, 2.45) is 0 Å².